The molecule has 27 heavy (non-hydrogen) atoms. The smallest absolute Gasteiger partial charge is 0.247 e. The van der Waals surface area contributed by atoms with Gasteiger partial charge in [0.25, 0.3) is 0 Å². The molecule has 0 spiro atoms. The summed E-state index contributed by atoms with van der Waals surface area (Å²) in [5.41, 5.74) is 4.19. The fraction of sp³-hybridized carbons (Fsp3) is 0.600. The second-order valence-electron chi connectivity index (χ2n) is 7.77. The average Bonchev–Trinajstić information content (AvgIpc) is 3.28. The monoisotopic (exact) mass is 368 g/mol. The van der Waals surface area contributed by atoms with E-state index in [1.54, 1.807) is 0 Å². The lowest BCUT2D eigenvalue weighted by atomic mass is 10.0. The van der Waals surface area contributed by atoms with Crippen LogP contribution < -0.4 is 4.90 Å². The molecule has 2 aliphatic heterocycles. The predicted molar refractivity (Wildman–Crippen MR) is 104 cm³/mol. The number of hydrogen-bond acceptors (Lipinski definition) is 5. The maximum absolute atomic E-state index is 13.1. The van der Waals surface area contributed by atoms with Gasteiger partial charge in [-0.3, -0.25) is 9.48 Å². The summed E-state index contributed by atoms with van der Waals surface area (Å²) in [5, 5.41) is 4.49. The topological polar surface area (TPSA) is 67.2 Å². The van der Waals surface area contributed by atoms with E-state index in [1.807, 2.05) is 43.3 Å². The Hall–Kier alpha value is -2.44. The van der Waals surface area contributed by atoms with Crippen LogP contribution in [0.1, 0.15) is 54.3 Å². The van der Waals surface area contributed by atoms with E-state index in [1.165, 1.54) is 18.4 Å². The van der Waals surface area contributed by atoms with Gasteiger partial charge in [0, 0.05) is 30.9 Å². The van der Waals surface area contributed by atoms with E-state index in [0.29, 0.717) is 13.1 Å². The summed E-state index contributed by atoms with van der Waals surface area (Å²) in [7, 11) is 0. The van der Waals surface area contributed by atoms with Gasteiger partial charge in [0.15, 0.2) is 0 Å². The van der Waals surface area contributed by atoms with Crippen molar-refractivity contribution < 1.29 is 4.79 Å². The van der Waals surface area contributed by atoms with E-state index < -0.39 is 0 Å². The summed E-state index contributed by atoms with van der Waals surface area (Å²) in [6.45, 7) is 11.2. The molecular formula is C20H28N6O. The number of carbonyl (C=O) groups is 1. The zero-order valence-corrected chi connectivity index (χ0v) is 16.7. The first-order valence-corrected chi connectivity index (χ1v) is 9.87. The van der Waals surface area contributed by atoms with Crippen LogP contribution in [0.3, 0.4) is 0 Å². The molecule has 0 N–H and O–H groups in total. The lowest BCUT2D eigenvalue weighted by molar-refractivity contribution is -0.135. The second kappa shape index (κ2) is 6.94. The van der Waals surface area contributed by atoms with Crippen molar-refractivity contribution in [3.8, 4) is 0 Å². The van der Waals surface area contributed by atoms with Crippen molar-refractivity contribution in [1.82, 2.24) is 24.6 Å². The highest BCUT2D eigenvalue weighted by molar-refractivity contribution is 5.80. The Labute approximate surface area is 160 Å². The number of nitrogens with zero attached hydrogens (tertiary/aromatic N) is 6. The van der Waals surface area contributed by atoms with Crippen LogP contribution in [0, 0.1) is 20.8 Å². The van der Waals surface area contributed by atoms with Gasteiger partial charge in [0.1, 0.15) is 17.7 Å². The average molecular weight is 368 g/mol. The summed E-state index contributed by atoms with van der Waals surface area (Å²) >= 11 is 0. The molecule has 4 heterocycles. The van der Waals surface area contributed by atoms with Crippen LogP contribution in [-0.4, -0.2) is 50.2 Å². The van der Waals surface area contributed by atoms with Crippen molar-refractivity contribution in [2.24, 2.45) is 0 Å². The molecule has 2 aromatic rings. The number of hydrogen-bond donors (Lipinski definition) is 0. The number of anilines is 1. The number of rotatable bonds is 3. The molecule has 0 unspecified atom stereocenters. The molecule has 1 amide bonds. The Morgan fingerprint density at radius 2 is 1.85 bits per heavy atom. The van der Waals surface area contributed by atoms with Crippen LogP contribution >= 0.6 is 0 Å². The molecule has 0 bridgehead atoms. The number of carbonyl (C=O) groups excluding carboxylic acids is 1. The van der Waals surface area contributed by atoms with Crippen LogP contribution in [0.5, 0.6) is 0 Å². The molecule has 1 atom stereocenters. The van der Waals surface area contributed by atoms with Crippen molar-refractivity contribution in [2.75, 3.05) is 24.5 Å². The van der Waals surface area contributed by atoms with Gasteiger partial charge >= 0.3 is 0 Å². The minimum atomic E-state index is -0.304. The van der Waals surface area contributed by atoms with Gasteiger partial charge in [-0.15, -0.1) is 0 Å². The summed E-state index contributed by atoms with van der Waals surface area (Å²) in [6, 6.07) is 1.70. The van der Waals surface area contributed by atoms with Gasteiger partial charge in [-0.25, -0.2) is 9.97 Å². The number of amides is 1. The van der Waals surface area contributed by atoms with Crippen LogP contribution in [0.4, 0.5) is 5.82 Å². The lowest BCUT2D eigenvalue weighted by Crippen LogP contribution is -2.41. The fourth-order valence-electron chi connectivity index (χ4n) is 4.32. The largest absolute Gasteiger partial charge is 0.356 e. The maximum atomic E-state index is 13.1. The molecule has 144 valence electrons. The van der Waals surface area contributed by atoms with Gasteiger partial charge in [-0.05, 0) is 53.0 Å². The van der Waals surface area contributed by atoms with E-state index in [0.717, 1.165) is 48.2 Å². The Morgan fingerprint density at radius 3 is 2.52 bits per heavy atom. The number of fused-ring (bicyclic) bond motifs is 1. The van der Waals surface area contributed by atoms with Crippen molar-refractivity contribution >= 4 is 11.7 Å². The first kappa shape index (κ1) is 17.9. The third-order valence-electron chi connectivity index (χ3n) is 5.64. The highest BCUT2D eigenvalue weighted by Crippen LogP contribution is 2.29. The maximum Gasteiger partial charge on any atom is 0.247 e. The third-order valence-corrected chi connectivity index (χ3v) is 5.64. The summed E-state index contributed by atoms with van der Waals surface area (Å²) in [4.78, 5) is 26.8. The van der Waals surface area contributed by atoms with Crippen molar-refractivity contribution in [1.29, 1.82) is 0 Å². The quantitative estimate of drug-likeness (QED) is 0.832. The highest BCUT2D eigenvalue weighted by Gasteiger charge is 2.30. The zero-order chi connectivity index (χ0) is 19.1. The van der Waals surface area contributed by atoms with Gasteiger partial charge in [-0.2, -0.15) is 5.10 Å². The van der Waals surface area contributed by atoms with Crippen molar-refractivity contribution in [2.45, 2.75) is 59.5 Å². The molecule has 7 heteroatoms. The molecule has 0 saturated carbocycles. The van der Waals surface area contributed by atoms with Gasteiger partial charge in [0.05, 0.1) is 17.9 Å². The Morgan fingerprint density at radius 1 is 1.11 bits per heavy atom. The summed E-state index contributed by atoms with van der Waals surface area (Å²) in [5.74, 6) is 1.98. The van der Waals surface area contributed by atoms with Gasteiger partial charge < -0.3 is 9.80 Å². The minimum Gasteiger partial charge on any atom is -0.356 e. The van der Waals surface area contributed by atoms with E-state index in [-0.39, 0.29) is 11.9 Å². The zero-order valence-electron chi connectivity index (χ0n) is 16.7. The molecule has 0 aromatic carbocycles. The van der Waals surface area contributed by atoms with Crippen molar-refractivity contribution in [3.05, 3.63) is 34.5 Å². The van der Waals surface area contributed by atoms with Crippen LogP contribution in [0.25, 0.3) is 0 Å². The molecule has 0 aliphatic carbocycles. The molecular weight excluding hydrogens is 340 g/mol. The normalized spacial score (nSPS) is 17.9. The first-order chi connectivity index (χ1) is 12.9. The van der Waals surface area contributed by atoms with E-state index in [2.05, 4.69) is 15.0 Å². The van der Waals surface area contributed by atoms with Crippen molar-refractivity contribution in [3.63, 3.8) is 0 Å². The van der Waals surface area contributed by atoms with Crippen LogP contribution in [0.15, 0.2) is 6.07 Å². The highest BCUT2D eigenvalue weighted by atomic mass is 16.2. The van der Waals surface area contributed by atoms with Gasteiger partial charge in [0.2, 0.25) is 5.91 Å². The van der Waals surface area contributed by atoms with Crippen LogP contribution in [-0.2, 0) is 17.8 Å². The first-order valence-electron chi connectivity index (χ1n) is 9.87. The SMILES string of the molecule is Cc1cc(C)n([C@H](C)C(=O)N2CCc3c(nc(C)nc3N3CCCC3)C2)n1. The fourth-order valence-corrected chi connectivity index (χ4v) is 4.32. The molecule has 2 aromatic heterocycles. The Kier molecular flexibility index (Phi) is 4.61. The van der Waals surface area contributed by atoms with Crippen LogP contribution in [0.2, 0.25) is 0 Å². The molecule has 1 saturated heterocycles. The third kappa shape index (κ3) is 3.31. The van der Waals surface area contributed by atoms with Gasteiger partial charge in [-0.1, -0.05) is 0 Å². The minimum absolute atomic E-state index is 0.103. The number of aromatic nitrogens is 4. The summed E-state index contributed by atoms with van der Waals surface area (Å²) in [6.07, 6.45) is 3.27. The molecule has 7 nitrogen and oxygen atoms in total. The molecule has 2 aliphatic rings. The van der Waals surface area contributed by atoms with E-state index in [4.69, 9.17) is 4.98 Å². The Balaban J connectivity index is 1.57. The molecule has 0 radical (unpaired) electrons. The second-order valence-corrected chi connectivity index (χ2v) is 7.77. The van der Waals surface area contributed by atoms with E-state index >= 15 is 0 Å². The number of aryl methyl sites for hydroxylation is 3. The lowest BCUT2D eigenvalue weighted by Gasteiger charge is -2.32. The predicted octanol–water partition coefficient (Wildman–Crippen LogP) is 2.34. The standard InChI is InChI=1S/C20H28N6O/c1-13-11-14(2)26(23-13)15(3)20(27)25-10-7-17-18(12-25)21-16(4)22-19(17)24-8-5-6-9-24/h11,15H,5-10,12H2,1-4H3/t15-/m1/s1. The molecule has 1 fully saturated rings. The summed E-state index contributed by atoms with van der Waals surface area (Å²) < 4.78 is 1.83. The molecule has 4 rings (SSSR count). The Bertz CT molecular complexity index is 868. The van der Waals surface area contributed by atoms with E-state index in [9.17, 15) is 4.79 Å².